The second-order valence-corrected chi connectivity index (χ2v) is 4.35. The quantitative estimate of drug-likeness (QED) is 0.389. The number of hydrogen-bond donors (Lipinski definition) is 2. The van der Waals surface area contributed by atoms with Crippen LogP contribution in [-0.2, 0) is 9.53 Å². The molecule has 1 fully saturated rings. The zero-order chi connectivity index (χ0) is 11.3. The van der Waals surface area contributed by atoms with Gasteiger partial charge in [0.15, 0.2) is 0 Å². The van der Waals surface area contributed by atoms with Gasteiger partial charge in [-0.05, 0) is 26.3 Å². The molecular weight excluding hydrogens is 194 g/mol. The number of ether oxygens (including phenoxy) is 1. The Labute approximate surface area is 90.9 Å². The topological polar surface area (TPSA) is 67.6 Å². The Morgan fingerprint density at radius 3 is 3.00 bits per heavy atom. The Balaban J connectivity index is 2.33. The first-order chi connectivity index (χ1) is 7.09. The SMILES string of the molecule is COC1(C)CCCN(CCC(=O)NN)C1. The maximum absolute atomic E-state index is 11.0. The van der Waals surface area contributed by atoms with Gasteiger partial charge in [-0.3, -0.25) is 15.1 Å². The molecule has 0 saturated carbocycles. The molecule has 0 aromatic carbocycles. The van der Waals surface area contributed by atoms with Crippen LogP contribution in [0.4, 0.5) is 0 Å². The molecule has 5 nitrogen and oxygen atoms in total. The van der Waals surface area contributed by atoms with E-state index < -0.39 is 0 Å². The molecule has 1 aliphatic rings. The molecule has 1 unspecified atom stereocenters. The van der Waals surface area contributed by atoms with Crippen molar-refractivity contribution in [2.75, 3.05) is 26.7 Å². The average Bonchev–Trinajstić information content (AvgIpc) is 2.26. The Bertz CT molecular complexity index is 223. The second kappa shape index (κ2) is 5.44. The van der Waals surface area contributed by atoms with Gasteiger partial charge in [-0.15, -0.1) is 0 Å². The third kappa shape index (κ3) is 3.77. The Hall–Kier alpha value is -0.650. The summed E-state index contributed by atoms with van der Waals surface area (Å²) in [6.07, 6.45) is 2.66. The van der Waals surface area contributed by atoms with Gasteiger partial charge in [0, 0.05) is 26.6 Å². The fourth-order valence-corrected chi connectivity index (χ4v) is 2.00. The molecule has 1 heterocycles. The number of hydrazine groups is 1. The van der Waals surface area contributed by atoms with Gasteiger partial charge in [-0.25, -0.2) is 5.84 Å². The molecule has 0 spiro atoms. The summed E-state index contributed by atoms with van der Waals surface area (Å²) in [5.41, 5.74) is 2.08. The molecule has 15 heavy (non-hydrogen) atoms. The lowest BCUT2D eigenvalue weighted by Crippen LogP contribution is -2.48. The van der Waals surface area contributed by atoms with Crippen LogP contribution in [0.5, 0.6) is 0 Å². The van der Waals surface area contributed by atoms with Gasteiger partial charge in [0.25, 0.3) is 0 Å². The van der Waals surface area contributed by atoms with E-state index >= 15 is 0 Å². The van der Waals surface area contributed by atoms with E-state index in [1.54, 1.807) is 7.11 Å². The number of rotatable bonds is 4. The number of nitrogens with zero attached hydrogens (tertiary/aromatic N) is 1. The summed E-state index contributed by atoms with van der Waals surface area (Å²) in [7, 11) is 1.75. The number of hydrogen-bond acceptors (Lipinski definition) is 4. The molecule has 0 aromatic rings. The molecule has 1 aliphatic heterocycles. The van der Waals surface area contributed by atoms with Gasteiger partial charge in [-0.2, -0.15) is 0 Å². The molecule has 0 aromatic heterocycles. The molecule has 1 amide bonds. The smallest absolute Gasteiger partial charge is 0.235 e. The lowest BCUT2D eigenvalue weighted by atomic mass is 9.95. The van der Waals surface area contributed by atoms with Gasteiger partial charge < -0.3 is 4.74 Å². The normalized spacial score (nSPS) is 27.7. The zero-order valence-corrected chi connectivity index (χ0v) is 9.58. The van der Waals surface area contributed by atoms with Gasteiger partial charge in [0.1, 0.15) is 0 Å². The fraction of sp³-hybridized carbons (Fsp3) is 0.900. The molecule has 1 rings (SSSR count). The number of carbonyl (C=O) groups is 1. The van der Waals surface area contributed by atoms with Crippen molar-refractivity contribution in [3.63, 3.8) is 0 Å². The largest absolute Gasteiger partial charge is 0.377 e. The van der Waals surface area contributed by atoms with E-state index in [4.69, 9.17) is 10.6 Å². The van der Waals surface area contributed by atoms with Crippen molar-refractivity contribution >= 4 is 5.91 Å². The van der Waals surface area contributed by atoms with Crippen molar-refractivity contribution in [3.8, 4) is 0 Å². The van der Waals surface area contributed by atoms with Crippen LogP contribution in [0, 0.1) is 0 Å². The monoisotopic (exact) mass is 215 g/mol. The first kappa shape index (κ1) is 12.4. The lowest BCUT2D eigenvalue weighted by Gasteiger charge is -2.39. The highest BCUT2D eigenvalue weighted by Crippen LogP contribution is 2.23. The van der Waals surface area contributed by atoms with Crippen molar-refractivity contribution in [3.05, 3.63) is 0 Å². The van der Waals surface area contributed by atoms with E-state index in [2.05, 4.69) is 17.2 Å². The summed E-state index contributed by atoms with van der Waals surface area (Å²) in [6, 6.07) is 0. The standard InChI is InChI=1S/C10H21N3O2/c1-10(15-2)5-3-6-13(8-10)7-4-9(14)12-11/h3-8,11H2,1-2H3,(H,12,14). The number of nitrogens with one attached hydrogen (secondary N) is 1. The summed E-state index contributed by atoms with van der Waals surface area (Å²) >= 11 is 0. The summed E-state index contributed by atoms with van der Waals surface area (Å²) in [5, 5.41) is 0. The second-order valence-electron chi connectivity index (χ2n) is 4.35. The molecule has 0 radical (unpaired) electrons. The number of likely N-dealkylation sites (tertiary alicyclic amines) is 1. The van der Waals surface area contributed by atoms with E-state index in [1.807, 2.05) is 0 Å². The third-order valence-electron chi connectivity index (χ3n) is 3.05. The van der Waals surface area contributed by atoms with Gasteiger partial charge in [0.05, 0.1) is 5.60 Å². The Morgan fingerprint density at radius 2 is 2.40 bits per heavy atom. The van der Waals surface area contributed by atoms with E-state index in [9.17, 15) is 4.79 Å². The predicted molar refractivity (Wildman–Crippen MR) is 58.0 cm³/mol. The van der Waals surface area contributed by atoms with Crippen LogP contribution in [-0.4, -0.2) is 43.2 Å². The first-order valence-corrected chi connectivity index (χ1v) is 5.36. The van der Waals surface area contributed by atoms with E-state index in [1.165, 1.54) is 0 Å². The third-order valence-corrected chi connectivity index (χ3v) is 3.05. The highest BCUT2D eigenvalue weighted by Gasteiger charge is 2.30. The molecule has 0 bridgehead atoms. The number of amides is 1. The minimum atomic E-state index is -0.111. The van der Waals surface area contributed by atoms with E-state index in [-0.39, 0.29) is 11.5 Å². The zero-order valence-electron chi connectivity index (χ0n) is 9.58. The Kier molecular flexibility index (Phi) is 4.50. The molecule has 5 heteroatoms. The first-order valence-electron chi connectivity index (χ1n) is 5.36. The summed E-state index contributed by atoms with van der Waals surface area (Å²) in [6.45, 7) is 4.79. The van der Waals surface area contributed by atoms with Crippen molar-refractivity contribution in [1.29, 1.82) is 0 Å². The minimum absolute atomic E-state index is 0.0581. The van der Waals surface area contributed by atoms with Gasteiger partial charge in [0.2, 0.25) is 5.91 Å². The number of piperidine rings is 1. The number of carbonyl (C=O) groups excluding carboxylic acids is 1. The van der Waals surface area contributed by atoms with Crippen LogP contribution in [0.15, 0.2) is 0 Å². The van der Waals surface area contributed by atoms with Crippen LogP contribution >= 0.6 is 0 Å². The number of nitrogens with two attached hydrogens (primary N) is 1. The molecule has 3 N–H and O–H groups in total. The van der Waals surface area contributed by atoms with Crippen molar-refractivity contribution in [1.82, 2.24) is 10.3 Å². The molecular formula is C10H21N3O2. The average molecular weight is 215 g/mol. The molecule has 1 saturated heterocycles. The van der Waals surface area contributed by atoms with Crippen LogP contribution in [0.1, 0.15) is 26.2 Å². The van der Waals surface area contributed by atoms with Gasteiger partial charge >= 0.3 is 0 Å². The highest BCUT2D eigenvalue weighted by molar-refractivity contribution is 5.75. The summed E-state index contributed by atoms with van der Waals surface area (Å²) in [4.78, 5) is 13.2. The van der Waals surface area contributed by atoms with E-state index in [0.29, 0.717) is 6.42 Å². The predicted octanol–water partition coefficient (Wildman–Crippen LogP) is -0.133. The fourth-order valence-electron chi connectivity index (χ4n) is 2.00. The molecule has 88 valence electrons. The van der Waals surface area contributed by atoms with E-state index in [0.717, 1.165) is 32.5 Å². The van der Waals surface area contributed by atoms with Crippen molar-refractivity contribution < 1.29 is 9.53 Å². The van der Waals surface area contributed by atoms with Crippen molar-refractivity contribution in [2.45, 2.75) is 31.8 Å². The maximum Gasteiger partial charge on any atom is 0.235 e. The molecule has 1 atom stereocenters. The number of methoxy groups -OCH3 is 1. The van der Waals surface area contributed by atoms with Crippen LogP contribution in [0.3, 0.4) is 0 Å². The van der Waals surface area contributed by atoms with Crippen LogP contribution in [0.25, 0.3) is 0 Å². The Morgan fingerprint density at radius 1 is 1.67 bits per heavy atom. The maximum atomic E-state index is 11.0. The summed E-state index contributed by atoms with van der Waals surface area (Å²) < 4.78 is 5.48. The van der Waals surface area contributed by atoms with Crippen LogP contribution < -0.4 is 11.3 Å². The van der Waals surface area contributed by atoms with Gasteiger partial charge in [-0.1, -0.05) is 0 Å². The lowest BCUT2D eigenvalue weighted by molar-refractivity contribution is -0.122. The van der Waals surface area contributed by atoms with Crippen LogP contribution in [0.2, 0.25) is 0 Å². The van der Waals surface area contributed by atoms with Crippen molar-refractivity contribution in [2.24, 2.45) is 5.84 Å². The minimum Gasteiger partial charge on any atom is -0.377 e. The summed E-state index contributed by atoms with van der Waals surface area (Å²) in [5.74, 6) is 4.91. The highest BCUT2D eigenvalue weighted by atomic mass is 16.5. The molecule has 0 aliphatic carbocycles.